The second kappa shape index (κ2) is 10.5. The van der Waals surface area contributed by atoms with Crippen LogP contribution < -0.4 is 5.32 Å². The number of carbonyl (C=O) groups is 1. The molecule has 0 aliphatic carbocycles. The summed E-state index contributed by atoms with van der Waals surface area (Å²) in [5, 5.41) is 11.6. The van der Waals surface area contributed by atoms with Crippen molar-refractivity contribution in [2.75, 3.05) is 19.6 Å². The Morgan fingerprint density at radius 2 is 1.97 bits per heavy atom. The number of benzene rings is 2. The van der Waals surface area contributed by atoms with Gasteiger partial charge in [0.05, 0.1) is 16.4 Å². The molecule has 1 saturated heterocycles. The molecule has 2 N–H and O–H groups in total. The van der Waals surface area contributed by atoms with Gasteiger partial charge in [0.25, 0.3) is 5.91 Å². The number of nitrogens with zero attached hydrogens (tertiary/aromatic N) is 2. The van der Waals surface area contributed by atoms with Crippen LogP contribution >= 0.6 is 23.2 Å². The summed E-state index contributed by atoms with van der Waals surface area (Å²) in [4.78, 5) is 15.0. The van der Waals surface area contributed by atoms with Crippen molar-refractivity contribution in [3.05, 3.63) is 64.1 Å². The van der Waals surface area contributed by atoms with E-state index in [-0.39, 0.29) is 5.91 Å². The smallest absolute Gasteiger partial charge is 0.251 e. The summed E-state index contributed by atoms with van der Waals surface area (Å²) in [6.45, 7) is 5.20. The van der Waals surface area contributed by atoms with E-state index in [0.717, 1.165) is 35.5 Å². The first-order valence-corrected chi connectivity index (χ1v) is 11.9. The monoisotopic (exact) mass is 470 g/mol. The summed E-state index contributed by atoms with van der Waals surface area (Å²) in [6, 6.07) is 15.4. The molecule has 0 radical (unpaired) electrons. The molecule has 1 aromatic heterocycles. The molecule has 2 aromatic carbocycles. The van der Waals surface area contributed by atoms with Gasteiger partial charge in [0, 0.05) is 40.8 Å². The van der Waals surface area contributed by atoms with E-state index in [0.29, 0.717) is 28.2 Å². The number of likely N-dealkylation sites (tertiary alicyclic amines) is 1. The minimum atomic E-state index is -0.0427. The first kappa shape index (κ1) is 22.8. The molecule has 1 fully saturated rings. The normalized spacial score (nSPS) is 16.8. The van der Waals surface area contributed by atoms with Gasteiger partial charge in [-0.1, -0.05) is 41.8 Å². The van der Waals surface area contributed by atoms with Gasteiger partial charge in [-0.15, -0.1) is 0 Å². The van der Waals surface area contributed by atoms with Crippen LogP contribution in [0.5, 0.6) is 0 Å². The number of H-pyrrole nitrogens is 1. The number of piperidine rings is 1. The van der Waals surface area contributed by atoms with Crippen molar-refractivity contribution in [3.8, 4) is 22.5 Å². The van der Waals surface area contributed by atoms with Crippen molar-refractivity contribution in [3.63, 3.8) is 0 Å². The predicted octanol–water partition coefficient (Wildman–Crippen LogP) is 6.04. The van der Waals surface area contributed by atoms with E-state index in [1.165, 1.54) is 25.8 Å². The Morgan fingerprint density at radius 3 is 2.72 bits per heavy atom. The van der Waals surface area contributed by atoms with Gasteiger partial charge in [-0.2, -0.15) is 5.10 Å². The number of hydrogen-bond donors (Lipinski definition) is 2. The van der Waals surface area contributed by atoms with Crippen molar-refractivity contribution in [2.24, 2.45) is 0 Å². The molecule has 0 bridgehead atoms. The molecule has 1 aliphatic heterocycles. The van der Waals surface area contributed by atoms with Crippen LogP contribution in [-0.4, -0.2) is 46.7 Å². The molecule has 1 aliphatic rings. The summed E-state index contributed by atoms with van der Waals surface area (Å²) < 4.78 is 0. The van der Waals surface area contributed by atoms with Gasteiger partial charge in [0.15, 0.2) is 0 Å². The second-order valence-corrected chi connectivity index (χ2v) is 9.20. The maximum atomic E-state index is 12.5. The van der Waals surface area contributed by atoms with Crippen LogP contribution in [-0.2, 0) is 0 Å². The predicted molar refractivity (Wildman–Crippen MR) is 131 cm³/mol. The Bertz CT molecular complexity index is 1060. The Hall–Kier alpha value is -2.34. The third kappa shape index (κ3) is 5.52. The zero-order chi connectivity index (χ0) is 22.5. The molecule has 5 nitrogen and oxygen atoms in total. The molecule has 0 saturated carbocycles. The molecule has 4 rings (SSSR count). The third-order valence-corrected chi connectivity index (χ3v) is 6.64. The lowest BCUT2D eigenvalue weighted by atomic mass is 10.0. The van der Waals surface area contributed by atoms with Gasteiger partial charge in [-0.3, -0.25) is 9.89 Å². The number of halogens is 2. The number of aromatic amines is 1. The first-order valence-electron chi connectivity index (χ1n) is 11.1. The highest BCUT2D eigenvalue weighted by atomic mass is 35.5. The fourth-order valence-electron chi connectivity index (χ4n) is 4.18. The second-order valence-electron chi connectivity index (χ2n) is 8.36. The van der Waals surface area contributed by atoms with Gasteiger partial charge in [-0.25, -0.2) is 0 Å². The van der Waals surface area contributed by atoms with Gasteiger partial charge >= 0.3 is 0 Å². The van der Waals surface area contributed by atoms with Crippen LogP contribution in [0, 0.1) is 0 Å². The lowest BCUT2D eigenvalue weighted by molar-refractivity contribution is 0.0949. The molecule has 32 heavy (non-hydrogen) atoms. The Morgan fingerprint density at radius 1 is 1.16 bits per heavy atom. The third-order valence-electron chi connectivity index (χ3n) is 6.09. The van der Waals surface area contributed by atoms with Crippen LogP contribution in [0.3, 0.4) is 0 Å². The lowest BCUT2D eigenvalue weighted by Gasteiger charge is -2.33. The van der Waals surface area contributed by atoms with Crippen molar-refractivity contribution < 1.29 is 4.79 Å². The van der Waals surface area contributed by atoms with Crippen molar-refractivity contribution >= 4 is 29.1 Å². The van der Waals surface area contributed by atoms with Crippen LogP contribution in [0.4, 0.5) is 0 Å². The summed E-state index contributed by atoms with van der Waals surface area (Å²) in [6.07, 6.45) is 4.87. The highest BCUT2D eigenvalue weighted by Gasteiger charge is 2.17. The molecule has 7 heteroatoms. The number of nitrogens with one attached hydrogen (secondary N) is 2. The molecular formula is C25H28Cl2N4O. The number of rotatable bonds is 7. The average molecular weight is 471 g/mol. The lowest BCUT2D eigenvalue weighted by Crippen LogP contribution is -2.39. The minimum Gasteiger partial charge on any atom is -0.352 e. The Balaban J connectivity index is 1.32. The molecular weight excluding hydrogens is 443 g/mol. The Labute approximate surface area is 199 Å². The van der Waals surface area contributed by atoms with Gasteiger partial charge in [-0.05, 0) is 69.1 Å². The minimum absolute atomic E-state index is 0.0427. The summed E-state index contributed by atoms with van der Waals surface area (Å²) >= 11 is 12.3. The molecule has 3 aromatic rings. The van der Waals surface area contributed by atoms with Crippen LogP contribution in [0.15, 0.2) is 48.5 Å². The van der Waals surface area contributed by atoms with Crippen molar-refractivity contribution in [1.29, 1.82) is 0 Å². The Kier molecular flexibility index (Phi) is 7.51. The summed E-state index contributed by atoms with van der Waals surface area (Å²) in [7, 11) is 0. The largest absolute Gasteiger partial charge is 0.352 e. The fourth-order valence-corrected chi connectivity index (χ4v) is 4.69. The topological polar surface area (TPSA) is 61.0 Å². The van der Waals surface area contributed by atoms with E-state index in [9.17, 15) is 4.79 Å². The molecule has 1 atom stereocenters. The quantitative estimate of drug-likeness (QED) is 0.413. The van der Waals surface area contributed by atoms with E-state index in [4.69, 9.17) is 23.2 Å². The maximum Gasteiger partial charge on any atom is 0.251 e. The van der Waals surface area contributed by atoms with Crippen molar-refractivity contribution in [1.82, 2.24) is 20.4 Å². The zero-order valence-corrected chi connectivity index (χ0v) is 19.7. The number of carbonyl (C=O) groups excluding carboxylic acids is 1. The fraction of sp³-hybridized carbons (Fsp3) is 0.360. The first-order chi connectivity index (χ1) is 15.5. The number of amides is 1. The van der Waals surface area contributed by atoms with E-state index < -0.39 is 0 Å². The standard InChI is InChI=1S/C25H28Cl2N4O/c1-17-5-2-3-13-31(17)14-4-12-28-25(32)19-8-6-18(7-9-19)23-16-24(30-29-23)21-11-10-20(26)15-22(21)27/h6-11,15-17H,2-5,12-14H2,1H3,(H,28,32)(H,29,30)/t17-/m1/s1. The SMILES string of the molecule is C[C@@H]1CCCCN1CCCNC(=O)c1ccc(-c2cc(-c3ccc(Cl)cc3Cl)[nH]n2)cc1. The van der Waals surface area contributed by atoms with Gasteiger partial charge in [0.1, 0.15) is 0 Å². The van der Waals surface area contributed by atoms with Gasteiger partial charge < -0.3 is 10.2 Å². The van der Waals surface area contributed by atoms with E-state index in [2.05, 4.69) is 27.3 Å². The highest BCUT2D eigenvalue weighted by molar-refractivity contribution is 6.36. The molecule has 1 amide bonds. The van der Waals surface area contributed by atoms with E-state index in [1.807, 2.05) is 36.4 Å². The number of hydrogen-bond acceptors (Lipinski definition) is 3. The molecule has 2 heterocycles. The molecule has 0 unspecified atom stereocenters. The van der Waals surface area contributed by atoms with Crippen molar-refractivity contribution in [2.45, 2.75) is 38.6 Å². The van der Waals surface area contributed by atoms with Crippen LogP contribution in [0.1, 0.15) is 43.0 Å². The molecule has 0 spiro atoms. The summed E-state index contributed by atoms with van der Waals surface area (Å²) in [5.41, 5.74) is 4.01. The van der Waals surface area contributed by atoms with Gasteiger partial charge in [0.2, 0.25) is 0 Å². The average Bonchev–Trinajstić information content (AvgIpc) is 3.28. The van der Waals surface area contributed by atoms with E-state index in [1.54, 1.807) is 12.1 Å². The van der Waals surface area contributed by atoms with E-state index >= 15 is 0 Å². The maximum absolute atomic E-state index is 12.5. The number of aromatic nitrogens is 2. The molecule has 168 valence electrons. The van der Waals surface area contributed by atoms with Crippen LogP contribution in [0.2, 0.25) is 10.0 Å². The van der Waals surface area contributed by atoms with Crippen LogP contribution in [0.25, 0.3) is 22.5 Å². The zero-order valence-electron chi connectivity index (χ0n) is 18.2. The highest BCUT2D eigenvalue weighted by Crippen LogP contribution is 2.31. The summed E-state index contributed by atoms with van der Waals surface area (Å²) in [5.74, 6) is -0.0427.